The average molecular weight is 320 g/mol. The van der Waals surface area contributed by atoms with Gasteiger partial charge in [-0.2, -0.15) is 0 Å². The van der Waals surface area contributed by atoms with Crippen LogP contribution in [-0.2, 0) is 0 Å². The number of allylic oxidation sites excluding steroid dienone is 1. The van der Waals surface area contributed by atoms with Crippen molar-refractivity contribution in [2.24, 2.45) is 4.99 Å². The molecule has 1 N–H and O–H groups in total. The zero-order valence-electron chi connectivity index (χ0n) is 11.6. The molecule has 0 amide bonds. The molecule has 4 heteroatoms. The molecular formula is C17H15Cl2NO. The van der Waals surface area contributed by atoms with E-state index in [9.17, 15) is 5.11 Å². The second-order valence-electron chi connectivity index (χ2n) is 4.40. The molecule has 0 fully saturated rings. The number of nitrogens with zero attached hydrogens (tertiary/aromatic N) is 1. The summed E-state index contributed by atoms with van der Waals surface area (Å²) in [7, 11) is 0. The van der Waals surface area contributed by atoms with E-state index in [2.05, 4.69) is 4.99 Å². The molecule has 0 radical (unpaired) electrons. The van der Waals surface area contributed by atoms with Crippen LogP contribution < -0.4 is 0 Å². The van der Waals surface area contributed by atoms with Crippen LogP contribution in [0.1, 0.15) is 18.1 Å². The van der Waals surface area contributed by atoms with Gasteiger partial charge in [0.05, 0.1) is 12.3 Å². The number of hydrogen-bond donors (Lipinski definition) is 1. The lowest BCUT2D eigenvalue weighted by Gasteiger charge is -2.11. The van der Waals surface area contributed by atoms with E-state index in [1.165, 1.54) is 0 Å². The Morgan fingerprint density at radius 1 is 1.14 bits per heavy atom. The minimum atomic E-state index is 0.124. The molecule has 0 unspecified atom stereocenters. The van der Waals surface area contributed by atoms with Gasteiger partial charge in [0.2, 0.25) is 0 Å². The van der Waals surface area contributed by atoms with Crippen molar-refractivity contribution in [1.82, 2.24) is 0 Å². The van der Waals surface area contributed by atoms with Crippen LogP contribution in [0, 0.1) is 0 Å². The highest BCUT2D eigenvalue weighted by Crippen LogP contribution is 2.27. The number of aliphatic imine (C=N–C) groups is 1. The summed E-state index contributed by atoms with van der Waals surface area (Å²) in [4.78, 5) is 4.54. The first-order chi connectivity index (χ1) is 10.1. The Labute approximate surface area is 134 Å². The van der Waals surface area contributed by atoms with E-state index in [0.717, 1.165) is 5.56 Å². The van der Waals surface area contributed by atoms with E-state index in [1.807, 2.05) is 37.3 Å². The van der Waals surface area contributed by atoms with Gasteiger partial charge in [-0.15, -0.1) is 0 Å². The highest BCUT2D eigenvalue weighted by molar-refractivity contribution is 6.36. The highest BCUT2D eigenvalue weighted by atomic mass is 35.5. The Bertz CT molecular complexity index is 693. The summed E-state index contributed by atoms with van der Waals surface area (Å²) in [5, 5.41) is 11.2. The number of hydrogen-bond acceptors (Lipinski definition) is 2. The number of phenolic OH excluding ortho intramolecular Hbond substituents is 1. The first kappa shape index (κ1) is 15.6. The fourth-order valence-corrected chi connectivity index (χ4v) is 2.31. The SMILES string of the molecule is CC=CCN=C(c1cc(Cl)ccc1O)c1ccccc1Cl. The van der Waals surface area contributed by atoms with Gasteiger partial charge in [0.25, 0.3) is 0 Å². The van der Waals surface area contributed by atoms with Crippen molar-refractivity contribution >= 4 is 28.9 Å². The lowest BCUT2D eigenvalue weighted by Crippen LogP contribution is -2.05. The molecule has 2 rings (SSSR count). The molecule has 0 bridgehead atoms. The maximum absolute atomic E-state index is 10.1. The maximum atomic E-state index is 10.1. The van der Waals surface area contributed by atoms with Crippen molar-refractivity contribution in [3.8, 4) is 5.75 Å². The maximum Gasteiger partial charge on any atom is 0.125 e. The molecule has 0 atom stereocenters. The molecule has 21 heavy (non-hydrogen) atoms. The lowest BCUT2D eigenvalue weighted by molar-refractivity contribution is 0.474. The van der Waals surface area contributed by atoms with Crippen LogP contribution in [0.2, 0.25) is 10.0 Å². The summed E-state index contributed by atoms with van der Waals surface area (Å²) in [5.41, 5.74) is 1.96. The fourth-order valence-electron chi connectivity index (χ4n) is 1.92. The molecule has 0 aromatic heterocycles. The van der Waals surface area contributed by atoms with Crippen molar-refractivity contribution < 1.29 is 5.11 Å². The van der Waals surface area contributed by atoms with Gasteiger partial charge in [0, 0.05) is 21.2 Å². The molecule has 108 valence electrons. The summed E-state index contributed by atoms with van der Waals surface area (Å²) in [6.07, 6.45) is 3.85. The van der Waals surface area contributed by atoms with E-state index in [4.69, 9.17) is 23.2 Å². The zero-order valence-corrected chi connectivity index (χ0v) is 13.1. The van der Waals surface area contributed by atoms with Gasteiger partial charge in [-0.1, -0.05) is 53.6 Å². The van der Waals surface area contributed by atoms with Gasteiger partial charge in [-0.3, -0.25) is 4.99 Å². The number of benzene rings is 2. The molecule has 0 spiro atoms. The van der Waals surface area contributed by atoms with Gasteiger partial charge in [-0.25, -0.2) is 0 Å². The fraction of sp³-hybridized carbons (Fsp3) is 0.118. The molecule has 0 saturated carbocycles. The quantitative estimate of drug-likeness (QED) is 0.616. The predicted octanol–water partition coefficient (Wildman–Crippen LogP) is 5.11. The van der Waals surface area contributed by atoms with Crippen LogP contribution in [0.5, 0.6) is 5.75 Å². The number of rotatable bonds is 4. The van der Waals surface area contributed by atoms with Crippen LogP contribution in [0.25, 0.3) is 0 Å². The van der Waals surface area contributed by atoms with E-state index in [1.54, 1.807) is 24.3 Å². The summed E-state index contributed by atoms with van der Waals surface area (Å²) in [6.45, 7) is 2.44. The van der Waals surface area contributed by atoms with E-state index in [-0.39, 0.29) is 5.75 Å². The Balaban J connectivity index is 2.59. The van der Waals surface area contributed by atoms with Crippen molar-refractivity contribution in [2.75, 3.05) is 6.54 Å². The summed E-state index contributed by atoms with van der Waals surface area (Å²) >= 11 is 12.3. The Hall–Kier alpha value is -1.77. The van der Waals surface area contributed by atoms with Crippen LogP contribution >= 0.6 is 23.2 Å². The average Bonchev–Trinajstić information content (AvgIpc) is 2.48. The van der Waals surface area contributed by atoms with Gasteiger partial charge in [0.15, 0.2) is 0 Å². The topological polar surface area (TPSA) is 32.6 Å². The minimum Gasteiger partial charge on any atom is -0.507 e. The third kappa shape index (κ3) is 3.87. The second-order valence-corrected chi connectivity index (χ2v) is 5.24. The van der Waals surface area contributed by atoms with Gasteiger partial charge >= 0.3 is 0 Å². The van der Waals surface area contributed by atoms with Crippen LogP contribution in [-0.4, -0.2) is 17.4 Å². The van der Waals surface area contributed by atoms with E-state index < -0.39 is 0 Å². The van der Waals surface area contributed by atoms with Gasteiger partial charge in [-0.05, 0) is 31.2 Å². The first-order valence-electron chi connectivity index (χ1n) is 6.53. The Morgan fingerprint density at radius 2 is 1.90 bits per heavy atom. The van der Waals surface area contributed by atoms with Crippen LogP contribution in [0.4, 0.5) is 0 Å². The molecule has 0 aliphatic heterocycles. The van der Waals surface area contributed by atoms with Crippen LogP contribution in [0.15, 0.2) is 59.6 Å². The molecule has 2 aromatic rings. The van der Waals surface area contributed by atoms with Crippen molar-refractivity contribution in [2.45, 2.75) is 6.92 Å². The Kier molecular flexibility index (Phi) is 5.43. The molecule has 0 aliphatic carbocycles. The Morgan fingerprint density at radius 3 is 2.62 bits per heavy atom. The summed E-state index contributed by atoms with van der Waals surface area (Å²) < 4.78 is 0. The summed E-state index contributed by atoms with van der Waals surface area (Å²) in [6, 6.07) is 12.3. The molecule has 0 saturated heterocycles. The first-order valence-corrected chi connectivity index (χ1v) is 7.28. The molecular weight excluding hydrogens is 305 g/mol. The van der Waals surface area contributed by atoms with Crippen molar-refractivity contribution in [3.05, 3.63) is 75.8 Å². The molecule has 0 aliphatic rings. The van der Waals surface area contributed by atoms with Crippen molar-refractivity contribution in [1.29, 1.82) is 0 Å². The highest BCUT2D eigenvalue weighted by Gasteiger charge is 2.14. The number of phenols is 1. The monoisotopic (exact) mass is 319 g/mol. The standard InChI is InChI=1S/C17H15Cl2NO/c1-2-3-10-20-17(13-6-4-5-7-15(13)19)14-11-12(18)8-9-16(14)21/h2-9,11,21H,10H2,1H3. The summed E-state index contributed by atoms with van der Waals surface area (Å²) in [5.74, 6) is 0.124. The van der Waals surface area contributed by atoms with Crippen molar-refractivity contribution in [3.63, 3.8) is 0 Å². The minimum absolute atomic E-state index is 0.124. The van der Waals surface area contributed by atoms with Crippen LogP contribution in [0.3, 0.4) is 0 Å². The second kappa shape index (κ2) is 7.30. The van der Waals surface area contributed by atoms with Gasteiger partial charge < -0.3 is 5.11 Å². The lowest BCUT2D eigenvalue weighted by atomic mass is 10.0. The predicted molar refractivity (Wildman–Crippen MR) is 89.9 cm³/mol. The third-order valence-electron chi connectivity index (χ3n) is 2.93. The number of halogens is 2. The largest absolute Gasteiger partial charge is 0.507 e. The number of aromatic hydroxyl groups is 1. The zero-order chi connectivity index (χ0) is 15.2. The van der Waals surface area contributed by atoms with E-state index in [0.29, 0.717) is 27.9 Å². The van der Waals surface area contributed by atoms with E-state index >= 15 is 0 Å². The molecule has 2 nitrogen and oxygen atoms in total. The smallest absolute Gasteiger partial charge is 0.125 e. The normalized spacial score (nSPS) is 12.0. The molecule has 2 aromatic carbocycles. The third-order valence-corrected chi connectivity index (χ3v) is 3.50. The molecule has 0 heterocycles. The van der Waals surface area contributed by atoms with Gasteiger partial charge in [0.1, 0.15) is 5.75 Å².